The molecule has 25 nitrogen and oxygen atoms in total. The predicted octanol–water partition coefficient (Wildman–Crippen LogP) is 0.661. The molecule has 8 N–H and O–H groups in total. The highest BCUT2D eigenvalue weighted by molar-refractivity contribution is 8.44. The molecule has 0 aliphatic carbocycles. The van der Waals surface area contributed by atoms with Gasteiger partial charge in [-0.3, -0.25) is 41.6 Å². The van der Waals surface area contributed by atoms with Crippen LogP contribution in [0.1, 0.15) is 63.3 Å². The average Bonchev–Trinajstić information content (AvgIpc) is 4.00. The number of H-pyrrole nitrogens is 1. The zero-order chi connectivity index (χ0) is 43.6. The number of aromatic amines is 1. The normalized spacial score (nSPS) is 28.6. The molecule has 0 bridgehead atoms. The van der Waals surface area contributed by atoms with Gasteiger partial charge in [0.25, 0.3) is 5.56 Å². The summed E-state index contributed by atoms with van der Waals surface area (Å²) in [7, 11) is -4.31. The quantitative estimate of drug-likeness (QED) is 0.0409. The number of thiol groups is 1. The highest BCUT2D eigenvalue weighted by Gasteiger charge is 2.46. The maximum atomic E-state index is 14.6. The van der Waals surface area contributed by atoms with Gasteiger partial charge in [0.15, 0.2) is 11.5 Å². The van der Waals surface area contributed by atoms with Crippen LogP contribution in [-0.4, -0.2) is 112 Å². The molecule has 4 aromatic heterocycles. The number of nitrogens with zero attached hydrogens (tertiary/aromatic N) is 7. The third-order valence-corrected chi connectivity index (χ3v) is 13.5. The summed E-state index contributed by atoms with van der Waals surface area (Å²) in [5.41, 5.74) is 10.4. The van der Waals surface area contributed by atoms with E-state index in [1.807, 2.05) is 6.92 Å². The Morgan fingerprint density at radius 3 is 2.38 bits per heavy atom. The summed E-state index contributed by atoms with van der Waals surface area (Å²) in [6.07, 6.45) is -2.74. The predicted molar refractivity (Wildman–Crippen MR) is 216 cm³/mol. The van der Waals surface area contributed by atoms with Crippen molar-refractivity contribution >= 4 is 49.6 Å². The number of aryl methyl sites for hydroxylation is 1. The maximum absolute atomic E-state index is 14.6. The summed E-state index contributed by atoms with van der Waals surface area (Å²) in [6, 6.07) is 1.39. The first-order valence-electron chi connectivity index (χ1n) is 19.3. The van der Waals surface area contributed by atoms with Crippen molar-refractivity contribution in [2.24, 2.45) is 0 Å². The van der Waals surface area contributed by atoms with Gasteiger partial charge in [-0.25, -0.2) is 38.8 Å². The van der Waals surface area contributed by atoms with Gasteiger partial charge >= 0.3 is 25.9 Å². The largest absolute Gasteiger partial charge is 0.405 e. The number of aromatic nitrogens is 8. The van der Waals surface area contributed by atoms with E-state index in [4.69, 9.17) is 43.8 Å². The van der Waals surface area contributed by atoms with E-state index in [-0.39, 0.29) is 43.0 Å². The maximum Gasteiger partial charge on any atom is 0.405 e. The van der Waals surface area contributed by atoms with Gasteiger partial charge in [-0.1, -0.05) is 25.6 Å². The summed E-state index contributed by atoms with van der Waals surface area (Å²) in [4.78, 5) is 55.9. The van der Waals surface area contributed by atoms with Gasteiger partial charge in [-0.2, -0.15) is 4.98 Å². The van der Waals surface area contributed by atoms with Crippen LogP contribution in [0.4, 0.5) is 11.6 Å². The minimum absolute atomic E-state index is 0.00370. The van der Waals surface area contributed by atoms with E-state index in [0.29, 0.717) is 17.6 Å². The fraction of sp³-hybridized carbons (Fsp3) is 0.606. The molecule has 0 saturated carbocycles. The molecule has 4 aromatic rings. The van der Waals surface area contributed by atoms with Crippen molar-refractivity contribution in [1.82, 2.24) is 43.7 Å². The molecule has 0 amide bonds. The van der Waals surface area contributed by atoms with E-state index in [1.165, 1.54) is 38.0 Å². The number of nitrogen functional groups attached to an aromatic ring is 2. The zero-order valence-electron chi connectivity index (χ0n) is 32.9. The number of nitrogens with one attached hydrogen (secondary N) is 2. The minimum Gasteiger partial charge on any atom is -0.394 e. The van der Waals surface area contributed by atoms with Crippen molar-refractivity contribution in [2.45, 2.75) is 101 Å². The number of nitrogens with two attached hydrogens (primary N) is 2. The Hall–Kier alpha value is -3.88. The first-order valence-corrected chi connectivity index (χ1v) is 23.5. The monoisotopic (exact) mass is 915 g/mol. The number of unbranched alkanes of at least 4 members (excludes halogenated alkanes) is 1. The Balaban J connectivity index is 1.07. The summed E-state index contributed by atoms with van der Waals surface area (Å²) >= 11 is 4.15. The first kappa shape index (κ1) is 45.2. The molecule has 3 fully saturated rings. The molecule has 3 aliphatic heterocycles. The Morgan fingerprint density at radius 1 is 0.951 bits per heavy atom. The van der Waals surface area contributed by atoms with Crippen molar-refractivity contribution in [3.05, 3.63) is 68.0 Å². The number of hydrogen-bond acceptors (Lipinski definition) is 20. The van der Waals surface area contributed by atoms with Crippen LogP contribution in [0.3, 0.4) is 0 Å². The van der Waals surface area contributed by atoms with Crippen LogP contribution >= 0.6 is 26.8 Å². The molecule has 3 aliphatic rings. The van der Waals surface area contributed by atoms with E-state index < -0.39 is 107 Å². The summed E-state index contributed by atoms with van der Waals surface area (Å²) in [5.74, 6) is 0.167. The number of aliphatic hydroxyl groups excluding tert-OH is 2. The van der Waals surface area contributed by atoms with E-state index in [9.17, 15) is 33.7 Å². The van der Waals surface area contributed by atoms with Crippen molar-refractivity contribution < 1.29 is 51.6 Å². The smallest absolute Gasteiger partial charge is 0.394 e. The number of aliphatic hydroxyl groups is 2. The highest BCUT2D eigenvalue weighted by Crippen LogP contribution is 2.57. The SMILES string of the molecule is CCCCNP(=O)(OC[C@H]1O[C@@H](n2cnc3c(N)ncnc32)C[C@H]1O)O[C@@H]1C[C@H](n2cc(C)c(=O)[nH]c2=O)O[C@@H]1COP(=O)(S)O[C@@H]1C[C@H](n2ccc(N)nc2=O)O[C@@H]1CO. The molecule has 11 atom stereocenters. The summed E-state index contributed by atoms with van der Waals surface area (Å²) < 4.78 is 73.7. The van der Waals surface area contributed by atoms with Gasteiger partial charge in [-0.15, -0.1) is 0 Å². The molecule has 0 aromatic carbocycles. The molecule has 61 heavy (non-hydrogen) atoms. The second-order valence-electron chi connectivity index (χ2n) is 14.6. The van der Waals surface area contributed by atoms with Gasteiger partial charge in [0.2, 0.25) is 0 Å². The Bertz CT molecular complexity index is 2470. The number of ether oxygens (including phenoxy) is 3. The third-order valence-electron chi connectivity index (χ3n) is 10.2. The number of rotatable bonds is 18. The molecular weight excluding hydrogens is 868 g/mol. The average molecular weight is 916 g/mol. The van der Waals surface area contributed by atoms with E-state index in [1.54, 1.807) is 4.57 Å². The molecule has 3 saturated heterocycles. The fourth-order valence-electron chi connectivity index (χ4n) is 7.07. The van der Waals surface area contributed by atoms with Crippen LogP contribution in [0.25, 0.3) is 11.2 Å². The Labute approximate surface area is 351 Å². The summed E-state index contributed by atoms with van der Waals surface area (Å²) in [6.45, 7) is -2.25. The fourth-order valence-corrected chi connectivity index (χ4v) is 10.2. The van der Waals surface area contributed by atoms with Gasteiger partial charge in [0, 0.05) is 43.8 Å². The highest BCUT2D eigenvalue weighted by atomic mass is 32.7. The number of imidazole rings is 1. The van der Waals surface area contributed by atoms with Crippen LogP contribution in [-0.2, 0) is 41.4 Å². The first-order chi connectivity index (χ1) is 29.1. The van der Waals surface area contributed by atoms with E-state index in [0.717, 1.165) is 15.6 Å². The van der Waals surface area contributed by atoms with Crippen LogP contribution < -0.4 is 33.5 Å². The molecular formula is C33H47N11O14P2S. The number of anilines is 2. The molecule has 2 unspecified atom stereocenters. The molecule has 334 valence electrons. The number of fused-ring (bicyclic) bond motifs is 1. The van der Waals surface area contributed by atoms with Crippen LogP contribution in [0.2, 0.25) is 0 Å². The molecule has 0 radical (unpaired) electrons. The van der Waals surface area contributed by atoms with E-state index >= 15 is 0 Å². The topological polar surface area (TPSA) is 337 Å². The Morgan fingerprint density at radius 2 is 1.64 bits per heavy atom. The lowest BCUT2D eigenvalue weighted by molar-refractivity contribution is -0.0537. The molecule has 28 heteroatoms. The van der Waals surface area contributed by atoms with Crippen molar-refractivity contribution in [3.63, 3.8) is 0 Å². The second-order valence-corrected chi connectivity index (χ2v) is 19.2. The minimum atomic E-state index is -4.33. The number of hydrogen-bond donors (Lipinski definition) is 7. The van der Waals surface area contributed by atoms with Crippen molar-refractivity contribution in [3.8, 4) is 0 Å². The lowest BCUT2D eigenvalue weighted by atomic mass is 10.2. The summed E-state index contributed by atoms with van der Waals surface area (Å²) in [5, 5.41) is 23.8. The third kappa shape index (κ3) is 10.3. The van der Waals surface area contributed by atoms with Gasteiger partial charge < -0.3 is 35.9 Å². The van der Waals surface area contributed by atoms with Crippen LogP contribution in [0.5, 0.6) is 0 Å². The van der Waals surface area contributed by atoms with Crippen LogP contribution in [0, 0.1) is 6.92 Å². The van der Waals surface area contributed by atoms with Crippen molar-refractivity contribution in [1.29, 1.82) is 0 Å². The standard InChI is InChI=1S/C33H47N11O14P2S/c1-3-4-6-39-59(50,52-13-22-18(46)8-25(55-22)44-16-38-28-29(35)36-15-37-30(28)44)57-20-10-27(43-11-17(2)31(47)41-33(43)49)56-23(20)14-53-60(51,61)58-19-9-26(54-21(19)12-45)42-7-5-24(34)40-32(42)48/h5,7,11,15-16,18-23,25-27,45-46H,3-4,6,8-10,12-14H2,1-2H3,(H,39,50)(H,51,61)(H2,34,40,48)(H2,35,36,37)(H,41,47,49)/t18-,19-,20-,21-,22-,23-,25-,26-,27-,59?,60?/m1/s1. The van der Waals surface area contributed by atoms with Gasteiger partial charge in [0.05, 0.1) is 32.3 Å². The van der Waals surface area contributed by atoms with Gasteiger partial charge in [0.1, 0.15) is 66.9 Å². The second kappa shape index (κ2) is 18.8. The lowest BCUT2D eigenvalue weighted by Crippen LogP contribution is -2.33. The Kier molecular flexibility index (Phi) is 13.9. The molecule has 7 rings (SSSR count). The van der Waals surface area contributed by atoms with Crippen LogP contribution in [0.15, 0.2) is 45.5 Å². The van der Waals surface area contributed by atoms with Crippen molar-refractivity contribution in [2.75, 3.05) is 37.8 Å². The molecule has 7 heterocycles. The van der Waals surface area contributed by atoms with E-state index in [2.05, 4.69) is 42.3 Å². The van der Waals surface area contributed by atoms with Gasteiger partial charge in [-0.05, 0) is 19.4 Å². The molecule has 0 spiro atoms. The lowest BCUT2D eigenvalue weighted by Gasteiger charge is -2.27. The zero-order valence-corrected chi connectivity index (χ0v) is 35.6.